The first kappa shape index (κ1) is 14.8. The Morgan fingerprint density at radius 3 is 2.95 bits per heavy atom. The molecule has 1 fully saturated rings. The van der Waals surface area contributed by atoms with Gasteiger partial charge in [-0.15, -0.1) is 0 Å². The van der Waals surface area contributed by atoms with Crippen LogP contribution in [0.1, 0.15) is 36.3 Å². The summed E-state index contributed by atoms with van der Waals surface area (Å²) in [6.07, 6.45) is 7.37. The number of hydrogen-bond donors (Lipinski definition) is 0. The number of likely N-dealkylation sites (tertiary alicyclic amines) is 1. The van der Waals surface area contributed by atoms with Crippen LogP contribution in [-0.4, -0.2) is 38.3 Å². The molecule has 0 spiro atoms. The van der Waals surface area contributed by atoms with E-state index in [1.54, 1.807) is 6.20 Å². The van der Waals surface area contributed by atoms with E-state index in [1.807, 2.05) is 35.7 Å². The predicted molar refractivity (Wildman–Crippen MR) is 81.3 cm³/mol. The van der Waals surface area contributed by atoms with E-state index in [4.69, 9.17) is 4.52 Å². The average Bonchev–Trinajstić information content (AvgIpc) is 3.13. The molecule has 0 bridgehead atoms. The van der Waals surface area contributed by atoms with Gasteiger partial charge in [-0.25, -0.2) is 0 Å². The summed E-state index contributed by atoms with van der Waals surface area (Å²) in [6.45, 7) is 5.34. The van der Waals surface area contributed by atoms with Gasteiger partial charge in [-0.3, -0.25) is 9.48 Å². The van der Waals surface area contributed by atoms with E-state index in [0.29, 0.717) is 6.42 Å². The van der Waals surface area contributed by atoms with E-state index in [-0.39, 0.29) is 11.9 Å². The second kappa shape index (κ2) is 6.34. The summed E-state index contributed by atoms with van der Waals surface area (Å²) in [7, 11) is 0. The van der Waals surface area contributed by atoms with Gasteiger partial charge in [-0.05, 0) is 39.2 Å². The molecule has 0 N–H and O–H groups in total. The van der Waals surface area contributed by atoms with Crippen LogP contribution in [0, 0.1) is 13.8 Å². The van der Waals surface area contributed by atoms with Gasteiger partial charge < -0.3 is 9.42 Å². The van der Waals surface area contributed by atoms with Crippen molar-refractivity contribution in [2.75, 3.05) is 6.54 Å². The van der Waals surface area contributed by atoms with E-state index >= 15 is 0 Å². The quantitative estimate of drug-likeness (QED) is 0.867. The van der Waals surface area contributed by atoms with Crippen LogP contribution in [0.5, 0.6) is 0 Å². The Hall–Kier alpha value is -2.11. The molecule has 0 unspecified atom stereocenters. The monoisotopic (exact) mass is 302 g/mol. The van der Waals surface area contributed by atoms with Crippen molar-refractivity contribution in [2.24, 2.45) is 0 Å². The number of carbonyl (C=O) groups excluding carboxylic acids is 1. The van der Waals surface area contributed by atoms with Gasteiger partial charge in [0.15, 0.2) is 0 Å². The summed E-state index contributed by atoms with van der Waals surface area (Å²) >= 11 is 0. The lowest BCUT2D eigenvalue weighted by Crippen LogP contribution is -2.46. The average molecular weight is 302 g/mol. The number of carbonyl (C=O) groups is 1. The zero-order chi connectivity index (χ0) is 15.5. The maximum absolute atomic E-state index is 12.7. The van der Waals surface area contributed by atoms with Crippen LogP contribution in [0.2, 0.25) is 0 Å². The Bertz CT molecular complexity index is 613. The fourth-order valence-electron chi connectivity index (χ4n) is 3.15. The first-order valence-corrected chi connectivity index (χ1v) is 7.84. The first-order chi connectivity index (χ1) is 10.6. The fraction of sp³-hybridized carbons (Fsp3) is 0.562. The second-order valence-electron chi connectivity index (χ2n) is 5.94. The lowest BCUT2D eigenvalue weighted by molar-refractivity contribution is -0.134. The molecule has 3 heterocycles. The van der Waals surface area contributed by atoms with E-state index in [0.717, 1.165) is 42.9 Å². The molecular formula is C16H22N4O2. The first-order valence-electron chi connectivity index (χ1n) is 7.84. The number of piperidine rings is 1. The summed E-state index contributed by atoms with van der Waals surface area (Å²) in [5.74, 6) is 0.901. The molecule has 1 aliphatic heterocycles. The Morgan fingerprint density at radius 1 is 1.41 bits per heavy atom. The van der Waals surface area contributed by atoms with E-state index in [9.17, 15) is 4.79 Å². The van der Waals surface area contributed by atoms with E-state index in [2.05, 4.69) is 10.3 Å². The minimum Gasteiger partial charge on any atom is -0.361 e. The van der Waals surface area contributed by atoms with Gasteiger partial charge in [0.25, 0.3) is 0 Å². The van der Waals surface area contributed by atoms with Crippen LogP contribution in [0.15, 0.2) is 23.0 Å². The predicted octanol–water partition coefficient (Wildman–Crippen LogP) is 2.11. The molecule has 118 valence electrons. The highest BCUT2D eigenvalue weighted by Crippen LogP contribution is 2.21. The molecule has 6 heteroatoms. The van der Waals surface area contributed by atoms with Crippen molar-refractivity contribution in [3.8, 4) is 0 Å². The van der Waals surface area contributed by atoms with E-state index in [1.165, 1.54) is 6.42 Å². The highest BCUT2D eigenvalue weighted by Gasteiger charge is 2.28. The molecule has 22 heavy (non-hydrogen) atoms. The van der Waals surface area contributed by atoms with Gasteiger partial charge in [0, 0.05) is 24.5 Å². The molecule has 2 aromatic heterocycles. The van der Waals surface area contributed by atoms with Crippen molar-refractivity contribution >= 4 is 5.91 Å². The van der Waals surface area contributed by atoms with E-state index < -0.39 is 0 Å². The molecule has 1 aliphatic rings. The van der Waals surface area contributed by atoms with Crippen LogP contribution in [0.3, 0.4) is 0 Å². The summed E-state index contributed by atoms with van der Waals surface area (Å²) in [5, 5.41) is 8.20. The molecule has 1 atom stereocenters. The minimum absolute atomic E-state index is 0.159. The Morgan fingerprint density at radius 2 is 2.27 bits per heavy atom. The van der Waals surface area contributed by atoms with Crippen molar-refractivity contribution in [2.45, 2.75) is 52.1 Å². The smallest absolute Gasteiger partial charge is 0.227 e. The van der Waals surface area contributed by atoms with Crippen LogP contribution in [0.4, 0.5) is 0 Å². The van der Waals surface area contributed by atoms with Crippen molar-refractivity contribution in [1.29, 1.82) is 0 Å². The molecule has 0 radical (unpaired) electrons. The molecular weight excluding hydrogens is 280 g/mol. The van der Waals surface area contributed by atoms with Gasteiger partial charge in [0.2, 0.25) is 5.91 Å². The number of aryl methyl sites for hydroxylation is 2. The summed E-state index contributed by atoms with van der Waals surface area (Å²) in [6, 6.07) is 2.14. The fourth-order valence-corrected chi connectivity index (χ4v) is 3.15. The topological polar surface area (TPSA) is 64.2 Å². The van der Waals surface area contributed by atoms with Gasteiger partial charge in [-0.1, -0.05) is 5.16 Å². The Labute approximate surface area is 130 Å². The second-order valence-corrected chi connectivity index (χ2v) is 5.94. The number of rotatable bonds is 4. The third-order valence-electron chi connectivity index (χ3n) is 4.41. The molecule has 1 amide bonds. The maximum Gasteiger partial charge on any atom is 0.227 e. The van der Waals surface area contributed by atoms with Crippen LogP contribution >= 0.6 is 0 Å². The molecule has 0 saturated carbocycles. The van der Waals surface area contributed by atoms with Crippen LogP contribution in [0.25, 0.3) is 0 Å². The van der Waals surface area contributed by atoms with Gasteiger partial charge in [0.1, 0.15) is 5.76 Å². The van der Waals surface area contributed by atoms with Crippen LogP contribution in [-0.2, 0) is 17.8 Å². The highest BCUT2D eigenvalue weighted by molar-refractivity contribution is 5.79. The molecule has 0 aromatic carbocycles. The minimum atomic E-state index is 0.159. The lowest BCUT2D eigenvalue weighted by Gasteiger charge is -2.35. The normalized spacial score (nSPS) is 18.6. The van der Waals surface area contributed by atoms with Gasteiger partial charge in [-0.2, -0.15) is 5.10 Å². The van der Waals surface area contributed by atoms with Crippen LogP contribution < -0.4 is 0 Å². The maximum atomic E-state index is 12.7. The van der Waals surface area contributed by atoms with Crippen molar-refractivity contribution in [3.63, 3.8) is 0 Å². The SMILES string of the molecule is Cc1noc(C)c1CC(=O)N1CCCC[C@@H]1Cn1cccn1. The summed E-state index contributed by atoms with van der Waals surface area (Å²) in [5.41, 5.74) is 1.74. The summed E-state index contributed by atoms with van der Waals surface area (Å²) in [4.78, 5) is 14.7. The molecule has 0 aliphatic carbocycles. The third-order valence-corrected chi connectivity index (χ3v) is 4.41. The number of aromatic nitrogens is 3. The third kappa shape index (κ3) is 3.05. The zero-order valence-corrected chi connectivity index (χ0v) is 13.2. The number of amides is 1. The van der Waals surface area contributed by atoms with Crippen molar-refractivity contribution < 1.29 is 9.32 Å². The largest absolute Gasteiger partial charge is 0.361 e. The Balaban J connectivity index is 1.71. The van der Waals surface area contributed by atoms with Gasteiger partial charge >= 0.3 is 0 Å². The molecule has 3 rings (SSSR count). The molecule has 2 aromatic rings. The van der Waals surface area contributed by atoms with Crippen molar-refractivity contribution in [1.82, 2.24) is 19.8 Å². The molecule has 1 saturated heterocycles. The molecule has 6 nitrogen and oxygen atoms in total. The summed E-state index contributed by atoms with van der Waals surface area (Å²) < 4.78 is 7.07. The van der Waals surface area contributed by atoms with Crippen molar-refractivity contribution in [3.05, 3.63) is 35.5 Å². The number of hydrogen-bond acceptors (Lipinski definition) is 4. The Kier molecular flexibility index (Phi) is 4.27. The lowest BCUT2D eigenvalue weighted by atomic mass is 10.0. The zero-order valence-electron chi connectivity index (χ0n) is 13.2. The standard InChI is InChI=1S/C16H22N4O2/c1-12-15(13(2)22-18-12)10-16(21)20-9-4-3-6-14(20)11-19-8-5-7-17-19/h5,7-8,14H,3-4,6,9-11H2,1-2H3/t14-/m1/s1. The van der Waals surface area contributed by atoms with Gasteiger partial charge in [0.05, 0.1) is 24.7 Å². The number of nitrogens with zero attached hydrogens (tertiary/aromatic N) is 4. The highest BCUT2D eigenvalue weighted by atomic mass is 16.5.